The van der Waals surface area contributed by atoms with Crippen LogP contribution in [-0.2, 0) is 9.31 Å². The molecule has 0 saturated carbocycles. The zero-order valence-corrected chi connectivity index (χ0v) is 20.2. The largest absolute Gasteiger partial charge is 0.490 e. The zero-order valence-electron chi connectivity index (χ0n) is 20.2. The first kappa shape index (κ1) is 21.9. The predicted octanol–water partition coefficient (Wildman–Crippen LogP) is 6.41. The van der Waals surface area contributed by atoms with Gasteiger partial charge in [-0.15, -0.1) is 0 Å². The second-order valence-corrected chi connectivity index (χ2v) is 9.76. The van der Waals surface area contributed by atoms with E-state index in [0.717, 1.165) is 50.9 Å². The quantitative estimate of drug-likeness (QED) is 0.273. The number of fused-ring (bicyclic) bond motifs is 5. The minimum atomic E-state index is -0.397. The molecule has 3 heterocycles. The molecule has 168 valence electrons. The summed E-state index contributed by atoms with van der Waals surface area (Å²) in [5.74, 6) is 0.870. The van der Waals surface area contributed by atoms with Crippen LogP contribution in [0.3, 0.4) is 0 Å². The SMILES string of the molecule is CC/C=C(\C=C(/C)B1OC(C)(C)C(C)(C)O1)c1nc2ccccc2c2nc3ccccc3n12. The van der Waals surface area contributed by atoms with Crippen molar-refractivity contribution in [2.45, 2.75) is 59.2 Å². The van der Waals surface area contributed by atoms with Crippen molar-refractivity contribution in [2.75, 3.05) is 0 Å². The molecule has 33 heavy (non-hydrogen) atoms. The summed E-state index contributed by atoms with van der Waals surface area (Å²) >= 11 is 0. The van der Waals surface area contributed by atoms with E-state index in [1.165, 1.54) is 0 Å². The average Bonchev–Trinajstić information content (AvgIpc) is 3.27. The van der Waals surface area contributed by atoms with E-state index in [4.69, 9.17) is 19.3 Å². The Bertz CT molecular complexity index is 1420. The first-order valence-corrected chi connectivity index (χ1v) is 11.6. The van der Waals surface area contributed by atoms with Crippen LogP contribution in [0.15, 0.2) is 66.2 Å². The predicted molar refractivity (Wildman–Crippen MR) is 136 cm³/mol. The minimum absolute atomic E-state index is 0.379. The number of aromatic nitrogens is 3. The molecule has 2 aromatic heterocycles. The van der Waals surface area contributed by atoms with Gasteiger partial charge in [0.1, 0.15) is 11.5 Å². The van der Waals surface area contributed by atoms with Gasteiger partial charge < -0.3 is 9.31 Å². The summed E-state index contributed by atoms with van der Waals surface area (Å²) in [5.41, 5.74) is 5.14. The molecule has 4 aromatic rings. The third-order valence-corrected chi connectivity index (χ3v) is 6.83. The average molecular weight is 439 g/mol. The van der Waals surface area contributed by atoms with Crippen molar-refractivity contribution >= 4 is 40.3 Å². The molecule has 0 N–H and O–H groups in total. The van der Waals surface area contributed by atoms with Gasteiger partial charge in [-0.1, -0.05) is 43.3 Å². The highest BCUT2D eigenvalue weighted by Crippen LogP contribution is 2.39. The highest BCUT2D eigenvalue weighted by atomic mass is 16.7. The Labute approximate surface area is 195 Å². The maximum Gasteiger partial charge on any atom is 0.490 e. The number of allylic oxidation sites excluding steroid dienone is 4. The lowest BCUT2D eigenvalue weighted by atomic mass is 9.78. The Morgan fingerprint density at radius 3 is 2.27 bits per heavy atom. The van der Waals surface area contributed by atoms with Crippen LogP contribution in [0.4, 0.5) is 0 Å². The van der Waals surface area contributed by atoms with Gasteiger partial charge in [-0.2, -0.15) is 0 Å². The number of hydrogen-bond donors (Lipinski definition) is 0. The molecule has 0 bridgehead atoms. The lowest BCUT2D eigenvalue weighted by molar-refractivity contribution is 0.00578. The zero-order chi connectivity index (χ0) is 23.4. The lowest BCUT2D eigenvalue weighted by Gasteiger charge is -2.32. The van der Waals surface area contributed by atoms with Crippen LogP contribution in [0.25, 0.3) is 33.2 Å². The molecular weight excluding hydrogens is 409 g/mol. The van der Waals surface area contributed by atoms with Crippen LogP contribution in [0.2, 0.25) is 0 Å². The van der Waals surface area contributed by atoms with Crippen molar-refractivity contribution in [3.8, 4) is 0 Å². The molecule has 0 spiro atoms. The molecule has 1 fully saturated rings. The fourth-order valence-electron chi connectivity index (χ4n) is 4.32. The molecule has 1 saturated heterocycles. The first-order chi connectivity index (χ1) is 15.7. The van der Waals surface area contributed by atoms with Crippen LogP contribution < -0.4 is 0 Å². The van der Waals surface area contributed by atoms with Crippen molar-refractivity contribution in [2.24, 2.45) is 0 Å². The number of nitrogens with zero attached hydrogens (tertiary/aromatic N) is 3. The number of rotatable bonds is 4. The van der Waals surface area contributed by atoms with Crippen molar-refractivity contribution in [3.63, 3.8) is 0 Å². The highest BCUT2D eigenvalue weighted by molar-refractivity contribution is 6.54. The van der Waals surface area contributed by atoms with E-state index in [0.29, 0.717) is 0 Å². The van der Waals surface area contributed by atoms with Gasteiger partial charge in [0.2, 0.25) is 0 Å². The molecular formula is C27H30BN3O2. The van der Waals surface area contributed by atoms with Crippen LogP contribution in [-0.4, -0.2) is 32.7 Å². The third-order valence-electron chi connectivity index (χ3n) is 6.83. The normalized spacial score (nSPS) is 18.7. The molecule has 0 atom stereocenters. The molecule has 2 aromatic carbocycles. The van der Waals surface area contributed by atoms with Crippen molar-refractivity contribution in [1.29, 1.82) is 0 Å². The smallest absolute Gasteiger partial charge is 0.400 e. The van der Waals surface area contributed by atoms with Gasteiger partial charge >= 0.3 is 7.12 Å². The van der Waals surface area contributed by atoms with Crippen molar-refractivity contribution in [1.82, 2.24) is 14.4 Å². The monoisotopic (exact) mass is 439 g/mol. The van der Waals surface area contributed by atoms with E-state index in [9.17, 15) is 0 Å². The summed E-state index contributed by atoms with van der Waals surface area (Å²) in [6.45, 7) is 12.5. The van der Waals surface area contributed by atoms with Gasteiger partial charge in [0.05, 0.1) is 27.8 Å². The van der Waals surface area contributed by atoms with E-state index in [2.05, 4.69) is 76.3 Å². The summed E-state index contributed by atoms with van der Waals surface area (Å²) in [6, 6.07) is 16.4. The molecule has 6 heteroatoms. The van der Waals surface area contributed by atoms with Gasteiger partial charge in [0, 0.05) is 11.0 Å². The molecule has 0 aliphatic carbocycles. The maximum absolute atomic E-state index is 6.30. The molecule has 1 aliphatic heterocycles. The number of hydrogen-bond acceptors (Lipinski definition) is 4. The lowest BCUT2D eigenvalue weighted by Crippen LogP contribution is -2.41. The van der Waals surface area contributed by atoms with Gasteiger partial charge in [-0.3, -0.25) is 4.40 Å². The summed E-state index contributed by atoms with van der Waals surface area (Å²) in [4.78, 5) is 10.1. The second kappa shape index (κ2) is 7.82. The first-order valence-electron chi connectivity index (χ1n) is 11.6. The Kier molecular flexibility index (Phi) is 5.18. The van der Waals surface area contributed by atoms with E-state index < -0.39 is 7.12 Å². The van der Waals surface area contributed by atoms with Crippen molar-refractivity contribution < 1.29 is 9.31 Å². The Balaban J connectivity index is 1.72. The highest BCUT2D eigenvalue weighted by Gasteiger charge is 2.51. The molecule has 5 nitrogen and oxygen atoms in total. The molecule has 5 rings (SSSR count). The van der Waals surface area contributed by atoms with Gasteiger partial charge in [0.15, 0.2) is 0 Å². The Morgan fingerprint density at radius 2 is 1.58 bits per heavy atom. The third kappa shape index (κ3) is 3.58. The maximum atomic E-state index is 6.30. The topological polar surface area (TPSA) is 48.7 Å². The molecule has 0 amide bonds. The van der Waals surface area contributed by atoms with Crippen molar-refractivity contribution in [3.05, 3.63) is 72.0 Å². The number of benzene rings is 2. The molecule has 0 unspecified atom stereocenters. The Hall–Kier alpha value is -2.96. The minimum Gasteiger partial charge on any atom is -0.400 e. The standard InChI is InChI=1S/C27H30BN3O2/c1-7-12-19(17-18(2)28-32-26(3,4)27(5,6)33-28)24-29-21-14-9-8-13-20(21)25-30-22-15-10-11-16-23(22)31(24)25/h8-17H,7H2,1-6H3/b18-17+,19-12+. The van der Waals surface area contributed by atoms with E-state index in [1.54, 1.807) is 0 Å². The van der Waals surface area contributed by atoms with Crippen LogP contribution in [0, 0.1) is 0 Å². The van der Waals surface area contributed by atoms with E-state index in [1.807, 2.05) is 30.3 Å². The van der Waals surface area contributed by atoms with E-state index in [-0.39, 0.29) is 11.2 Å². The Morgan fingerprint density at radius 1 is 0.939 bits per heavy atom. The molecule has 1 aliphatic rings. The van der Waals surface area contributed by atoms with Crippen LogP contribution in [0.5, 0.6) is 0 Å². The number of para-hydroxylation sites is 3. The van der Waals surface area contributed by atoms with Gasteiger partial charge in [0.25, 0.3) is 0 Å². The number of imidazole rings is 1. The van der Waals surface area contributed by atoms with Gasteiger partial charge in [-0.05, 0) is 70.8 Å². The summed E-state index contributed by atoms with van der Waals surface area (Å²) in [7, 11) is -0.397. The fraction of sp³-hybridized carbons (Fsp3) is 0.333. The molecule has 0 radical (unpaired) electrons. The van der Waals surface area contributed by atoms with Crippen LogP contribution in [0.1, 0.15) is 53.8 Å². The summed E-state index contributed by atoms with van der Waals surface area (Å²) in [5, 5.41) is 1.04. The van der Waals surface area contributed by atoms with Crippen LogP contribution >= 0.6 is 0 Å². The summed E-state index contributed by atoms with van der Waals surface area (Å²) < 4.78 is 14.8. The van der Waals surface area contributed by atoms with E-state index >= 15 is 0 Å². The van der Waals surface area contributed by atoms with Gasteiger partial charge in [-0.25, -0.2) is 9.97 Å². The fourth-order valence-corrected chi connectivity index (χ4v) is 4.32. The second-order valence-electron chi connectivity index (χ2n) is 9.76. The summed E-state index contributed by atoms with van der Waals surface area (Å²) in [6.07, 6.45) is 5.24.